The number of rotatable bonds is 7. The summed E-state index contributed by atoms with van der Waals surface area (Å²) in [5.41, 5.74) is 1.91. The van der Waals surface area contributed by atoms with Crippen LogP contribution in [0.25, 0.3) is 0 Å². The predicted octanol–water partition coefficient (Wildman–Crippen LogP) is 3.57. The van der Waals surface area contributed by atoms with Crippen molar-refractivity contribution in [1.82, 2.24) is 5.32 Å². The average molecular weight is 261 g/mol. The maximum absolute atomic E-state index is 13.7. The molecule has 1 heterocycles. The summed E-state index contributed by atoms with van der Waals surface area (Å²) in [4.78, 5) is 0. The van der Waals surface area contributed by atoms with Crippen molar-refractivity contribution in [3.63, 3.8) is 0 Å². The van der Waals surface area contributed by atoms with Crippen molar-refractivity contribution < 1.29 is 8.81 Å². The van der Waals surface area contributed by atoms with Crippen molar-refractivity contribution in [2.45, 2.75) is 32.2 Å². The molecule has 1 aromatic heterocycles. The molecule has 1 unspecified atom stereocenters. The molecule has 0 aliphatic carbocycles. The van der Waals surface area contributed by atoms with E-state index in [1.807, 2.05) is 18.2 Å². The molecule has 0 aliphatic rings. The van der Waals surface area contributed by atoms with E-state index in [0.717, 1.165) is 30.5 Å². The Bertz CT molecular complexity index is 481. The molecule has 102 valence electrons. The maximum Gasteiger partial charge on any atom is 0.126 e. The molecule has 3 heteroatoms. The first-order valence-corrected chi connectivity index (χ1v) is 6.77. The van der Waals surface area contributed by atoms with Crippen LogP contribution in [-0.2, 0) is 12.8 Å². The highest BCUT2D eigenvalue weighted by Crippen LogP contribution is 2.13. The summed E-state index contributed by atoms with van der Waals surface area (Å²) in [7, 11) is 0. The number of halogens is 1. The third-order valence-corrected chi connectivity index (χ3v) is 3.17. The van der Waals surface area contributed by atoms with Crippen LogP contribution in [0.15, 0.2) is 47.3 Å². The Labute approximate surface area is 113 Å². The van der Waals surface area contributed by atoms with Crippen LogP contribution < -0.4 is 5.32 Å². The Morgan fingerprint density at radius 2 is 2.05 bits per heavy atom. The number of hydrogen-bond acceptors (Lipinski definition) is 2. The number of furan rings is 1. The third-order valence-electron chi connectivity index (χ3n) is 3.17. The van der Waals surface area contributed by atoms with Crippen LogP contribution in [0.2, 0.25) is 0 Å². The van der Waals surface area contributed by atoms with Gasteiger partial charge in [-0.25, -0.2) is 4.39 Å². The summed E-state index contributed by atoms with van der Waals surface area (Å²) in [6.45, 7) is 3.07. The number of nitrogens with one attached hydrogen (secondary N) is 1. The largest absolute Gasteiger partial charge is 0.472 e. The smallest absolute Gasteiger partial charge is 0.126 e. The second kappa shape index (κ2) is 7.10. The SMILES string of the molecule is CCCNC(Cc1ccoc1)Cc1ccccc1F. The minimum absolute atomic E-state index is 0.127. The van der Waals surface area contributed by atoms with Crippen LogP contribution in [0.3, 0.4) is 0 Å². The van der Waals surface area contributed by atoms with Crippen LogP contribution in [-0.4, -0.2) is 12.6 Å². The molecular weight excluding hydrogens is 241 g/mol. The van der Waals surface area contributed by atoms with Crippen molar-refractivity contribution in [1.29, 1.82) is 0 Å². The van der Waals surface area contributed by atoms with Gasteiger partial charge in [-0.1, -0.05) is 25.1 Å². The van der Waals surface area contributed by atoms with Gasteiger partial charge >= 0.3 is 0 Å². The molecule has 0 amide bonds. The first kappa shape index (κ1) is 13.8. The van der Waals surface area contributed by atoms with Crippen LogP contribution >= 0.6 is 0 Å². The summed E-state index contributed by atoms with van der Waals surface area (Å²) in [6, 6.07) is 9.17. The third kappa shape index (κ3) is 4.21. The van der Waals surface area contributed by atoms with Gasteiger partial charge in [0.05, 0.1) is 12.5 Å². The molecule has 0 radical (unpaired) electrons. The molecule has 0 bridgehead atoms. The highest BCUT2D eigenvalue weighted by Gasteiger charge is 2.12. The normalized spacial score (nSPS) is 12.5. The summed E-state index contributed by atoms with van der Waals surface area (Å²) < 4.78 is 18.8. The summed E-state index contributed by atoms with van der Waals surface area (Å²) in [5, 5.41) is 3.48. The van der Waals surface area contributed by atoms with Gasteiger partial charge in [0.2, 0.25) is 0 Å². The van der Waals surface area contributed by atoms with Crippen molar-refractivity contribution in [2.24, 2.45) is 0 Å². The van der Waals surface area contributed by atoms with Crippen molar-refractivity contribution in [3.8, 4) is 0 Å². The second-order valence-corrected chi connectivity index (χ2v) is 4.78. The Balaban J connectivity index is 2.03. The molecule has 0 saturated heterocycles. The summed E-state index contributed by atoms with van der Waals surface area (Å²) >= 11 is 0. The Morgan fingerprint density at radius 3 is 2.74 bits per heavy atom. The first-order valence-electron chi connectivity index (χ1n) is 6.77. The lowest BCUT2D eigenvalue weighted by molar-refractivity contribution is 0.488. The topological polar surface area (TPSA) is 25.2 Å². The second-order valence-electron chi connectivity index (χ2n) is 4.78. The van der Waals surface area contributed by atoms with Crippen LogP contribution in [0.4, 0.5) is 4.39 Å². The molecule has 2 rings (SSSR count). The van der Waals surface area contributed by atoms with Gasteiger partial charge in [-0.15, -0.1) is 0 Å². The van der Waals surface area contributed by atoms with Gasteiger partial charge in [-0.05, 0) is 49.1 Å². The number of hydrogen-bond donors (Lipinski definition) is 1. The van der Waals surface area contributed by atoms with Crippen molar-refractivity contribution in [2.75, 3.05) is 6.54 Å². The Morgan fingerprint density at radius 1 is 1.21 bits per heavy atom. The standard InChI is InChI=1S/C16H20FNO/c1-2-8-18-15(10-13-7-9-19-12-13)11-14-5-3-4-6-16(14)17/h3-7,9,12,15,18H,2,8,10-11H2,1H3. The monoisotopic (exact) mass is 261 g/mol. The molecule has 1 N–H and O–H groups in total. The van der Waals surface area contributed by atoms with Gasteiger partial charge in [0.1, 0.15) is 5.82 Å². The van der Waals surface area contributed by atoms with Gasteiger partial charge in [0.25, 0.3) is 0 Å². The maximum atomic E-state index is 13.7. The molecular formula is C16H20FNO. The quantitative estimate of drug-likeness (QED) is 0.824. The van der Waals surface area contributed by atoms with E-state index in [4.69, 9.17) is 4.42 Å². The van der Waals surface area contributed by atoms with Gasteiger partial charge < -0.3 is 9.73 Å². The molecule has 0 saturated carbocycles. The summed E-state index contributed by atoms with van der Waals surface area (Å²) in [6.07, 6.45) is 6.04. The fourth-order valence-electron chi connectivity index (χ4n) is 2.19. The van der Waals surface area contributed by atoms with Crippen LogP contribution in [0.5, 0.6) is 0 Å². The minimum Gasteiger partial charge on any atom is -0.472 e. The van der Waals surface area contributed by atoms with Crippen LogP contribution in [0.1, 0.15) is 24.5 Å². The highest BCUT2D eigenvalue weighted by atomic mass is 19.1. The van der Waals surface area contributed by atoms with E-state index in [2.05, 4.69) is 12.2 Å². The zero-order valence-corrected chi connectivity index (χ0v) is 11.2. The van der Waals surface area contributed by atoms with Gasteiger partial charge in [0.15, 0.2) is 0 Å². The lowest BCUT2D eigenvalue weighted by Gasteiger charge is -2.18. The molecule has 0 fully saturated rings. The lowest BCUT2D eigenvalue weighted by atomic mass is 10.00. The predicted molar refractivity (Wildman–Crippen MR) is 74.6 cm³/mol. The highest BCUT2D eigenvalue weighted by molar-refractivity contribution is 5.19. The van der Waals surface area contributed by atoms with E-state index in [1.54, 1.807) is 18.6 Å². The van der Waals surface area contributed by atoms with Gasteiger partial charge in [-0.3, -0.25) is 0 Å². The van der Waals surface area contributed by atoms with E-state index in [-0.39, 0.29) is 11.9 Å². The van der Waals surface area contributed by atoms with Crippen molar-refractivity contribution in [3.05, 3.63) is 59.8 Å². The van der Waals surface area contributed by atoms with E-state index in [0.29, 0.717) is 6.42 Å². The van der Waals surface area contributed by atoms with E-state index >= 15 is 0 Å². The molecule has 19 heavy (non-hydrogen) atoms. The Kier molecular flexibility index (Phi) is 5.16. The lowest BCUT2D eigenvalue weighted by Crippen LogP contribution is -2.34. The molecule has 0 aliphatic heterocycles. The molecule has 1 aromatic carbocycles. The minimum atomic E-state index is -0.127. The van der Waals surface area contributed by atoms with Gasteiger partial charge in [0, 0.05) is 6.04 Å². The molecule has 1 atom stereocenters. The fraction of sp³-hybridized carbons (Fsp3) is 0.375. The van der Waals surface area contributed by atoms with E-state index in [9.17, 15) is 4.39 Å². The molecule has 2 nitrogen and oxygen atoms in total. The first-order chi connectivity index (χ1) is 9.29. The average Bonchev–Trinajstić information content (AvgIpc) is 2.91. The molecule has 2 aromatic rings. The molecule has 0 spiro atoms. The van der Waals surface area contributed by atoms with Gasteiger partial charge in [-0.2, -0.15) is 0 Å². The summed E-state index contributed by atoms with van der Waals surface area (Å²) in [5.74, 6) is -0.127. The fourth-order valence-corrected chi connectivity index (χ4v) is 2.19. The van der Waals surface area contributed by atoms with Crippen molar-refractivity contribution >= 4 is 0 Å². The van der Waals surface area contributed by atoms with Crippen LogP contribution in [0, 0.1) is 5.82 Å². The Hall–Kier alpha value is -1.61. The van der Waals surface area contributed by atoms with E-state index in [1.165, 1.54) is 6.07 Å². The zero-order chi connectivity index (χ0) is 13.5. The zero-order valence-electron chi connectivity index (χ0n) is 11.2. The number of benzene rings is 1. The van der Waals surface area contributed by atoms with E-state index < -0.39 is 0 Å².